The van der Waals surface area contributed by atoms with Gasteiger partial charge in [0.05, 0.1) is 6.42 Å². The smallest absolute Gasteiger partial charge is 0.321 e. The van der Waals surface area contributed by atoms with Gasteiger partial charge in [0.25, 0.3) is 0 Å². The van der Waals surface area contributed by atoms with E-state index in [-0.39, 0.29) is 6.42 Å². The van der Waals surface area contributed by atoms with Crippen LogP contribution in [-0.4, -0.2) is 27.6 Å². The summed E-state index contributed by atoms with van der Waals surface area (Å²) in [5.41, 5.74) is 1.00. The quantitative estimate of drug-likeness (QED) is 0.749. The van der Waals surface area contributed by atoms with E-state index < -0.39 is 5.97 Å². The Kier molecular flexibility index (Phi) is 5.02. The second kappa shape index (κ2) is 7.20. The number of ether oxygens (including phenoxy) is 1. The first-order valence-electron chi connectivity index (χ1n) is 6.20. The number of aromatic nitrogens is 2. The maximum absolute atomic E-state index is 10.4. The molecule has 2 rings (SSSR count). The van der Waals surface area contributed by atoms with Crippen molar-refractivity contribution in [1.29, 1.82) is 0 Å². The molecular formula is C14H15N3O3. The molecule has 0 aliphatic heterocycles. The molecule has 2 N–H and O–H groups in total. The van der Waals surface area contributed by atoms with Gasteiger partial charge in [-0.05, 0) is 23.8 Å². The second-order valence-electron chi connectivity index (χ2n) is 4.10. The molecule has 1 aromatic carbocycles. The van der Waals surface area contributed by atoms with Gasteiger partial charge in [0.2, 0.25) is 0 Å². The molecular weight excluding hydrogens is 258 g/mol. The van der Waals surface area contributed by atoms with E-state index in [4.69, 9.17) is 9.84 Å². The van der Waals surface area contributed by atoms with Crippen LogP contribution in [0.2, 0.25) is 0 Å². The van der Waals surface area contributed by atoms with Crippen LogP contribution >= 0.6 is 0 Å². The summed E-state index contributed by atoms with van der Waals surface area (Å²) in [7, 11) is 0. The molecule has 0 atom stereocenters. The summed E-state index contributed by atoms with van der Waals surface area (Å²) < 4.78 is 5.52. The van der Waals surface area contributed by atoms with E-state index in [2.05, 4.69) is 15.3 Å². The second-order valence-corrected chi connectivity index (χ2v) is 4.10. The van der Waals surface area contributed by atoms with Gasteiger partial charge in [0.15, 0.2) is 0 Å². The van der Waals surface area contributed by atoms with Crippen molar-refractivity contribution in [1.82, 2.24) is 15.3 Å². The predicted octanol–water partition coefficient (Wildman–Crippen LogP) is 1.83. The van der Waals surface area contributed by atoms with Crippen LogP contribution in [0.5, 0.6) is 11.8 Å². The maximum Gasteiger partial charge on any atom is 0.321 e. The van der Waals surface area contributed by atoms with Gasteiger partial charge in [-0.25, -0.2) is 9.97 Å². The van der Waals surface area contributed by atoms with Gasteiger partial charge < -0.3 is 15.2 Å². The van der Waals surface area contributed by atoms with E-state index >= 15 is 0 Å². The van der Waals surface area contributed by atoms with E-state index in [1.165, 1.54) is 0 Å². The predicted molar refractivity (Wildman–Crippen MR) is 72.5 cm³/mol. The molecule has 2 aromatic rings. The molecule has 6 heteroatoms. The van der Waals surface area contributed by atoms with Crippen LogP contribution < -0.4 is 10.1 Å². The summed E-state index contributed by atoms with van der Waals surface area (Å²) in [6.07, 6.45) is 3.33. The minimum absolute atomic E-state index is 0.105. The fourth-order valence-electron chi connectivity index (χ4n) is 1.59. The number of aliphatic carboxylic acids is 1. The Morgan fingerprint density at radius 1 is 1.25 bits per heavy atom. The van der Waals surface area contributed by atoms with E-state index in [1.54, 1.807) is 18.5 Å². The van der Waals surface area contributed by atoms with Crippen molar-refractivity contribution in [3.05, 3.63) is 48.3 Å². The lowest BCUT2D eigenvalue weighted by Crippen LogP contribution is -2.17. The van der Waals surface area contributed by atoms with Crippen LogP contribution in [0.25, 0.3) is 0 Å². The molecule has 1 heterocycles. The number of benzene rings is 1. The van der Waals surface area contributed by atoms with E-state index in [0.29, 0.717) is 24.8 Å². The van der Waals surface area contributed by atoms with Crippen molar-refractivity contribution in [3.63, 3.8) is 0 Å². The highest BCUT2D eigenvalue weighted by atomic mass is 16.5. The van der Waals surface area contributed by atoms with Crippen LogP contribution in [0, 0.1) is 0 Å². The van der Waals surface area contributed by atoms with Crippen molar-refractivity contribution in [2.24, 2.45) is 0 Å². The number of nitrogens with zero attached hydrogens (tertiary/aromatic N) is 2. The van der Waals surface area contributed by atoms with Crippen molar-refractivity contribution < 1.29 is 14.6 Å². The Morgan fingerprint density at radius 2 is 2.05 bits per heavy atom. The minimum atomic E-state index is -0.809. The van der Waals surface area contributed by atoms with Gasteiger partial charge in [-0.15, -0.1) is 0 Å². The molecule has 0 unspecified atom stereocenters. The minimum Gasteiger partial charge on any atom is -0.481 e. The summed E-state index contributed by atoms with van der Waals surface area (Å²) in [5, 5.41) is 11.6. The third-order valence-electron chi connectivity index (χ3n) is 2.49. The first-order chi connectivity index (χ1) is 9.74. The topological polar surface area (TPSA) is 84.3 Å². The highest BCUT2D eigenvalue weighted by Gasteiger charge is 2.01. The van der Waals surface area contributed by atoms with Gasteiger partial charge in [0.1, 0.15) is 5.75 Å². The standard InChI is InChI=1S/C14H15N3O3/c18-13(19)5-8-15-10-11-3-1-4-12(9-11)20-14-16-6-2-7-17-14/h1-4,6-7,9,15H,5,8,10H2,(H,18,19). The molecule has 0 fully saturated rings. The molecule has 1 aromatic heterocycles. The monoisotopic (exact) mass is 273 g/mol. The van der Waals surface area contributed by atoms with Crippen LogP contribution in [0.15, 0.2) is 42.7 Å². The van der Waals surface area contributed by atoms with Crippen LogP contribution in [0.4, 0.5) is 0 Å². The van der Waals surface area contributed by atoms with E-state index in [9.17, 15) is 4.79 Å². The first-order valence-corrected chi connectivity index (χ1v) is 6.20. The summed E-state index contributed by atoms with van der Waals surface area (Å²) in [6.45, 7) is 1.02. The fraction of sp³-hybridized carbons (Fsp3) is 0.214. The Balaban J connectivity index is 1.89. The molecule has 0 aliphatic rings. The average molecular weight is 273 g/mol. The van der Waals surface area contributed by atoms with Crippen molar-refractivity contribution >= 4 is 5.97 Å². The molecule has 0 spiro atoms. The number of hydrogen-bond donors (Lipinski definition) is 2. The summed E-state index contributed by atoms with van der Waals surface area (Å²) in [4.78, 5) is 18.4. The van der Waals surface area contributed by atoms with E-state index in [1.807, 2.05) is 24.3 Å². The van der Waals surface area contributed by atoms with Gasteiger partial charge in [-0.3, -0.25) is 4.79 Å². The number of hydrogen-bond acceptors (Lipinski definition) is 5. The van der Waals surface area contributed by atoms with Crippen LogP contribution in [0.3, 0.4) is 0 Å². The Morgan fingerprint density at radius 3 is 2.80 bits per heavy atom. The van der Waals surface area contributed by atoms with Gasteiger partial charge in [-0.2, -0.15) is 0 Å². The lowest BCUT2D eigenvalue weighted by molar-refractivity contribution is -0.136. The number of carboxylic acids is 1. The molecule has 104 valence electrons. The molecule has 6 nitrogen and oxygen atoms in total. The third kappa shape index (κ3) is 4.66. The molecule has 0 amide bonds. The Labute approximate surface area is 116 Å². The normalized spacial score (nSPS) is 10.2. The zero-order chi connectivity index (χ0) is 14.2. The lowest BCUT2D eigenvalue weighted by Gasteiger charge is -2.06. The largest absolute Gasteiger partial charge is 0.481 e. The van der Waals surface area contributed by atoms with Crippen molar-refractivity contribution in [2.75, 3.05) is 6.54 Å². The zero-order valence-corrected chi connectivity index (χ0v) is 10.8. The molecule has 20 heavy (non-hydrogen) atoms. The third-order valence-corrected chi connectivity index (χ3v) is 2.49. The number of nitrogens with one attached hydrogen (secondary N) is 1. The Bertz CT molecular complexity index is 561. The Hall–Kier alpha value is -2.47. The van der Waals surface area contributed by atoms with Crippen LogP contribution in [-0.2, 0) is 11.3 Å². The fourth-order valence-corrected chi connectivity index (χ4v) is 1.59. The number of carbonyl (C=O) groups is 1. The first kappa shape index (κ1) is 14.0. The SMILES string of the molecule is O=C(O)CCNCc1cccc(Oc2ncccn2)c1. The highest BCUT2D eigenvalue weighted by molar-refractivity contribution is 5.66. The molecule has 0 aliphatic carbocycles. The number of carboxylic acid groups (broad SMARTS) is 1. The molecule has 0 saturated heterocycles. The van der Waals surface area contributed by atoms with Gasteiger partial charge in [-0.1, -0.05) is 12.1 Å². The molecule has 0 bridgehead atoms. The number of rotatable bonds is 7. The maximum atomic E-state index is 10.4. The van der Waals surface area contributed by atoms with Gasteiger partial charge in [0, 0.05) is 25.5 Å². The highest BCUT2D eigenvalue weighted by Crippen LogP contribution is 2.18. The summed E-state index contributed by atoms with van der Waals surface area (Å²) in [5.74, 6) is -0.162. The summed E-state index contributed by atoms with van der Waals surface area (Å²) >= 11 is 0. The van der Waals surface area contributed by atoms with E-state index in [0.717, 1.165) is 5.56 Å². The zero-order valence-electron chi connectivity index (χ0n) is 10.8. The lowest BCUT2D eigenvalue weighted by atomic mass is 10.2. The van der Waals surface area contributed by atoms with Gasteiger partial charge >= 0.3 is 12.0 Å². The van der Waals surface area contributed by atoms with Crippen molar-refractivity contribution in [2.45, 2.75) is 13.0 Å². The summed E-state index contributed by atoms with van der Waals surface area (Å²) in [6, 6.07) is 9.50. The average Bonchev–Trinajstić information content (AvgIpc) is 2.45. The molecule has 0 saturated carbocycles. The van der Waals surface area contributed by atoms with Crippen molar-refractivity contribution in [3.8, 4) is 11.8 Å². The van der Waals surface area contributed by atoms with Crippen LogP contribution in [0.1, 0.15) is 12.0 Å². The molecule has 0 radical (unpaired) electrons.